The van der Waals surface area contributed by atoms with Crippen molar-refractivity contribution in [2.45, 2.75) is 19.3 Å². The Morgan fingerprint density at radius 3 is 2.78 bits per heavy atom. The highest BCUT2D eigenvalue weighted by Gasteiger charge is 2.19. The predicted octanol–water partition coefficient (Wildman–Crippen LogP) is 3.52. The molecule has 0 radical (unpaired) electrons. The Balaban J connectivity index is 1.56. The number of aromatic nitrogens is 1. The van der Waals surface area contributed by atoms with E-state index >= 15 is 0 Å². The third kappa shape index (κ3) is 4.16. The van der Waals surface area contributed by atoms with Gasteiger partial charge in [-0.25, -0.2) is 4.98 Å². The number of nitrogens with zero attached hydrogens (tertiary/aromatic N) is 3. The molecule has 2 aromatic heterocycles. The Hall–Kier alpha value is -3.15. The molecular weight excluding hydrogens is 342 g/mol. The number of carbonyl (C=O) groups excluding carboxylic acids is 2. The molecule has 6 nitrogen and oxygen atoms in total. The molecule has 0 aliphatic rings. The maximum Gasteiger partial charge on any atom is 0.274 e. The summed E-state index contributed by atoms with van der Waals surface area (Å²) in [5.41, 5.74) is 2.89. The van der Waals surface area contributed by atoms with Crippen molar-refractivity contribution in [1.29, 1.82) is 0 Å². The van der Waals surface area contributed by atoms with E-state index in [1.807, 2.05) is 24.5 Å². The van der Waals surface area contributed by atoms with Crippen molar-refractivity contribution in [3.05, 3.63) is 60.1 Å². The van der Waals surface area contributed by atoms with E-state index in [-0.39, 0.29) is 11.6 Å². The molecule has 3 aromatic rings. The highest BCUT2D eigenvalue weighted by molar-refractivity contribution is 5.99. The number of aryl methyl sites for hydroxylation is 1. The molecule has 0 aliphatic heterocycles. The number of hydrogen-bond donors (Lipinski definition) is 0. The second-order valence-electron chi connectivity index (χ2n) is 6.53. The van der Waals surface area contributed by atoms with Crippen LogP contribution in [0.15, 0.2) is 53.3 Å². The van der Waals surface area contributed by atoms with E-state index in [1.54, 1.807) is 37.3 Å². The number of furan rings is 1. The van der Waals surface area contributed by atoms with Crippen molar-refractivity contribution < 1.29 is 14.0 Å². The molecule has 0 unspecified atom stereocenters. The van der Waals surface area contributed by atoms with Crippen LogP contribution in [-0.2, 0) is 11.2 Å². The number of rotatable bonds is 8. The van der Waals surface area contributed by atoms with Gasteiger partial charge < -0.3 is 14.2 Å². The summed E-state index contributed by atoms with van der Waals surface area (Å²) in [6.45, 7) is 0.620. The summed E-state index contributed by atoms with van der Waals surface area (Å²) < 4.78 is 5.56. The number of benzene rings is 1. The predicted molar refractivity (Wildman–Crippen MR) is 105 cm³/mol. The minimum absolute atomic E-state index is 0.187. The van der Waals surface area contributed by atoms with Gasteiger partial charge in [0.05, 0.1) is 12.0 Å². The van der Waals surface area contributed by atoms with E-state index in [0.717, 1.165) is 30.2 Å². The van der Waals surface area contributed by atoms with Crippen molar-refractivity contribution in [3.8, 4) is 0 Å². The fraction of sp³-hybridized carbons (Fsp3) is 0.286. The fourth-order valence-corrected chi connectivity index (χ4v) is 3.08. The molecule has 0 spiro atoms. The van der Waals surface area contributed by atoms with E-state index in [0.29, 0.717) is 18.6 Å². The summed E-state index contributed by atoms with van der Waals surface area (Å²) in [5.74, 6) is -0.187. The summed E-state index contributed by atoms with van der Waals surface area (Å²) in [6.07, 6.45) is 6.77. The number of anilines is 1. The van der Waals surface area contributed by atoms with Crippen molar-refractivity contribution >= 4 is 29.0 Å². The normalized spacial score (nSPS) is 10.7. The van der Waals surface area contributed by atoms with Gasteiger partial charge in [0.2, 0.25) is 6.41 Å². The van der Waals surface area contributed by atoms with Crippen molar-refractivity contribution in [2.75, 3.05) is 25.5 Å². The first kappa shape index (κ1) is 18.6. The van der Waals surface area contributed by atoms with Crippen LogP contribution in [0.25, 0.3) is 11.0 Å². The Morgan fingerprint density at radius 1 is 1.15 bits per heavy atom. The van der Waals surface area contributed by atoms with Crippen LogP contribution in [0, 0.1) is 0 Å². The second-order valence-corrected chi connectivity index (χ2v) is 6.53. The van der Waals surface area contributed by atoms with Crippen molar-refractivity contribution in [2.24, 2.45) is 0 Å². The second kappa shape index (κ2) is 8.49. The minimum Gasteiger partial charge on any atom is -0.464 e. The average Bonchev–Trinajstić information content (AvgIpc) is 3.13. The Morgan fingerprint density at radius 2 is 1.96 bits per heavy atom. The molecule has 2 heterocycles. The molecule has 27 heavy (non-hydrogen) atoms. The van der Waals surface area contributed by atoms with Crippen LogP contribution in [0.1, 0.15) is 28.9 Å². The lowest BCUT2D eigenvalue weighted by Crippen LogP contribution is -2.30. The summed E-state index contributed by atoms with van der Waals surface area (Å²) in [6, 6.07) is 11.4. The molecule has 1 aromatic carbocycles. The molecule has 0 bridgehead atoms. The van der Waals surface area contributed by atoms with Gasteiger partial charge in [-0.2, -0.15) is 0 Å². The molecular formula is C21H23N3O3. The highest BCUT2D eigenvalue weighted by atomic mass is 16.3. The Labute approximate surface area is 158 Å². The molecule has 0 atom stereocenters. The number of fused-ring (bicyclic) bond motifs is 1. The van der Waals surface area contributed by atoms with Crippen LogP contribution in [-0.4, -0.2) is 42.8 Å². The smallest absolute Gasteiger partial charge is 0.274 e. The number of hydrogen-bond acceptors (Lipinski definition) is 4. The van der Waals surface area contributed by atoms with Crippen LogP contribution in [0.3, 0.4) is 0 Å². The van der Waals surface area contributed by atoms with Gasteiger partial charge >= 0.3 is 0 Å². The molecule has 140 valence electrons. The molecule has 0 aliphatic carbocycles. The zero-order chi connectivity index (χ0) is 19.2. The van der Waals surface area contributed by atoms with E-state index in [4.69, 9.17) is 4.42 Å². The largest absolute Gasteiger partial charge is 0.464 e. The quantitative estimate of drug-likeness (QED) is 0.452. The molecule has 0 fully saturated rings. The Kier molecular flexibility index (Phi) is 5.86. The topological polar surface area (TPSA) is 66.7 Å². The zero-order valence-corrected chi connectivity index (χ0v) is 15.6. The van der Waals surface area contributed by atoms with Gasteiger partial charge in [-0.1, -0.05) is 18.2 Å². The van der Waals surface area contributed by atoms with Crippen molar-refractivity contribution in [3.63, 3.8) is 0 Å². The summed E-state index contributed by atoms with van der Waals surface area (Å²) >= 11 is 0. The average molecular weight is 365 g/mol. The molecule has 2 amide bonds. The number of unbranched alkanes of at least 4 members (excludes halogenated alkanes) is 1. The van der Waals surface area contributed by atoms with Gasteiger partial charge in [-0.05, 0) is 43.0 Å². The molecule has 0 saturated carbocycles. The maximum atomic E-state index is 12.7. The lowest BCUT2D eigenvalue weighted by molar-refractivity contribution is -0.107. The van der Waals surface area contributed by atoms with Gasteiger partial charge in [-0.3, -0.25) is 9.59 Å². The van der Waals surface area contributed by atoms with Gasteiger partial charge in [0, 0.05) is 32.2 Å². The highest BCUT2D eigenvalue weighted by Crippen LogP contribution is 2.22. The van der Waals surface area contributed by atoms with Crippen LogP contribution in [0.2, 0.25) is 0 Å². The number of amides is 2. The zero-order valence-electron chi connectivity index (χ0n) is 15.6. The number of carbonyl (C=O) groups is 2. The first-order valence-corrected chi connectivity index (χ1v) is 8.95. The Bertz CT molecular complexity index is 935. The van der Waals surface area contributed by atoms with Crippen LogP contribution < -0.4 is 4.90 Å². The SMILES string of the molecule is CN(CCCCc1coc2ccccc12)C(=O)c1ncccc1N(C)C=O. The molecule has 0 N–H and O–H groups in total. The summed E-state index contributed by atoms with van der Waals surface area (Å²) in [4.78, 5) is 30.9. The van der Waals surface area contributed by atoms with Crippen LogP contribution in [0.5, 0.6) is 0 Å². The molecule has 0 saturated heterocycles. The summed E-state index contributed by atoms with van der Waals surface area (Å²) in [5, 5.41) is 1.15. The lowest BCUT2D eigenvalue weighted by Gasteiger charge is -2.20. The number of pyridine rings is 1. The van der Waals surface area contributed by atoms with Gasteiger partial charge in [0.15, 0.2) is 5.69 Å². The van der Waals surface area contributed by atoms with E-state index in [1.165, 1.54) is 10.5 Å². The molecule has 3 rings (SSSR count). The van der Waals surface area contributed by atoms with Crippen molar-refractivity contribution in [1.82, 2.24) is 9.88 Å². The third-order valence-electron chi connectivity index (χ3n) is 4.62. The maximum absolute atomic E-state index is 12.7. The minimum atomic E-state index is -0.187. The van der Waals surface area contributed by atoms with E-state index in [9.17, 15) is 9.59 Å². The van der Waals surface area contributed by atoms with Gasteiger partial charge in [0.1, 0.15) is 5.58 Å². The summed E-state index contributed by atoms with van der Waals surface area (Å²) in [7, 11) is 3.37. The first-order chi connectivity index (χ1) is 13.1. The van der Waals surface area contributed by atoms with Crippen LogP contribution in [0.4, 0.5) is 5.69 Å². The van der Waals surface area contributed by atoms with E-state index < -0.39 is 0 Å². The number of para-hydroxylation sites is 1. The fourth-order valence-electron chi connectivity index (χ4n) is 3.08. The standard InChI is InChI=1S/C21H23N3O3/c1-23(21(26)20-18(24(2)15-25)10-7-12-22-20)13-6-5-8-16-14-27-19-11-4-3-9-17(16)19/h3-4,7,9-12,14-15H,5-6,8,13H2,1-2H3. The third-order valence-corrected chi connectivity index (χ3v) is 4.62. The van der Waals surface area contributed by atoms with Crippen LogP contribution >= 0.6 is 0 Å². The monoisotopic (exact) mass is 365 g/mol. The van der Waals surface area contributed by atoms with Gasteiger partial charge in [0.25, 0.3) is 5.91 Å². The molecule has 6 heteroatoms. The van der Waals surface area contributed by atoms with E-state index in [2.05, 4.69) is 11.1 Å². The van der Waals surface area contributed by atoms with Gasteiger partial charge in [-0.15, -0.1) is 0 Å². The first-order valence-electron chi connectivity index (χ1n) is 8.95. The lowest BCUT2D eigenvalue weighted by atomic mass is 10.1.